The molecule has 0 aliphatic heterocycles. The number of para-hydroxylation sites is 1. The number of hydrogen-bond acceptors (Lipinski definition) is 3. The van der Waals surface area contributed by atoms with Crippen molar-refractivity contribution in [3.05, 3.63) is 102 Å². The molecule has 1 amide bonds. The molecule has 1 heterocycles. The van der Waals surface area contributed by atoms with E-state index in [9.17, 15) is 17.6 Å². The summed E-state index contributed by atoms with van der Waals surface area (Å²) in [5.41, 5.74) is 2.22. The molecule has 0 saturated carbocycles. The van der Waals surface area contributed by atoms with E-state index in [1.165, 1.54) is 30.5 Å². The molecule has 0 N–H and O–H groups in total. The normalized spacial score (nSPS) is 11.6. The van der Waals surface area contributed by atoms with Gasteiger partial charge in [0.2, 0.25) is 5.91 Å². The van der Waals surface area contributed by atoms with Crippen molar-refractivity contribution in [1.29, 1.82) is 0 Å². The summed E-state index contributed by atoms with van der Waals surface area (Å²) >= 11 is 0. The van der Waals surface area contributed by atoms with Gasteiger partial charge in [0, 0.05) is 30.2 Å². The number of nitrogens with zero attached hydrogens (tertiary/aromatic N) is 2. The molecule has 0 atom stereocenters. The van der Waals surface area contributed by atoms with Crippen molar-refractivity contribution in [2.45, 2.75) is 30.7 Å². The second-order valence-corrected chi connectivity index (χ2v) is 9.88. The third-order valence-electron chi connectivity index (χ3n) is 5.61. The van der Waals surface area contributed by atoms with Gasteiger partial charge in [0.05, 0.1) is 10.6 Å². The van der Waals surface area contributed by atoms with Crippen LogP contribution in [0.25, 0.3) is 10.9 Å². The average Bonchev–Trinajstić information content (AvgIpc) is 3.19. The van der Waals surface area contributed by atoms with Crippen molar-refractivity contribution in [3.63, 3.8) is 0 Å². The number of amides is 1. The molecule has 0 saturated heterocycles. The Morgan fingerprint density at radius 1 is 0.909 bits per heavy atom. The summed E-state index contributed by atoms with van der Waals surface area (Å²) in [6.07, 6.45) is 1.54. The Kier molecular flexibility index (Phi) is 6.60. The van der Waals surface area contributed by atoms with E-state index in [2.05, 4.69) is 0 Å². The van der Waals surface area contributed by atoms with Crippen LogP contribution >= 0.6 is 0 Å². The number of rotatable bonds is 8. The fraction of sp³-hybridized carbons (Fsp3) is 0.192. The van der Waals surface area contributed by atoms with Gasteiger partial charge in [-0.1, -0.05) is 60.7 Å². The second-order valence-electron chi connectivity index (χ2n) is 7.92. The van der Waals surface area contributed by atoms with Gasteiger partial charge in [-0.25, -0.2) is 12.8 Å². The van der Waals surface area contributed by atoms with Crippen LogP contribution in [0.5, 0.6) is 0 Å². The number of aromatic nitrogens is 1. The number of carbonyl (C=O) groups excluding carboxylic acids is 1. The number of hydrogen-bond donors (Lipinski definition) is 0. The first-order chi connectivity index (χ1) is 15.9. The van der Waals surface area contributed by atoms with Crippen LogP contribution in [0.2, 0.25) is 0 Å². The van der Waals surface area contributed by atoms with E-state index in [0.717, 1.165) is 5.56 Å². The van der Waals surface area contributed by atoms with Crippen LogP contribution in [-0.2, 0) is 33.5 Å². The van der Waals surface area contributed by atoms with Crippen LogP contribution in [0.3, 0.4) is 0 Å². The highest BCUT2D eigenvalue weighted by molar-refractivity contribution is 7.90. The van der Waals surface area contributed by atoms with Crippen LogP contribution in [-0.4, -0.2) is 30.3 Å². The molecular weight excluding hydrogens is 439 g/mol. The summed E-state index contributed by atoms with van der Waals surface area (Å²) in [7, 11) is -3.71. The number of carbonyl (C=O) groups is 1. The first-order valence-corrected chi connectivity index (χ1v) is 12.4. The Morgan fingerprint density at radius 2 is 1.58 bits per heavy atom. The highest BCUT2D eigenvalue weighted by Gasteiger charge is 2.23. The zero-order valence-corrected chi connectivity index (χ0v) is 19.1. The lowest BCUT2D eigenvalue weighted by Crippen LogP contribution is -2.33. The van der Waals surface area contributed by atoms with Crippen LogP contribution in [0.1, 0.15) is 18.1 Å². The number of fused-ring (bicyclic) bond motifs is 1. The van der Waals surface area contributed by atoms with E-state index in [-0.39, 0.29) is 23.1 Å². The SMILES string of the molecule is CCN(Cc1ccccc1)C(=O)Cn1cc(S(=O)(=O)Cc2ccc(F)cc2)c2ccccc21. The Balaban J connectivity index is 1.62. The standard InChI is InChI=1S/C26H25FN2O3S/c1-2-28(16-20-8-4-3-5-9-20)26(30)18-29-17-25(23-10-6-7-11-24(23)29)33(31,32)19-21-12-14-22(27)15-13-21/h3-15,17H,2,16,18-19H2,1H3. The summed E-state index contributed by atoms with van der Waals surface area (Å²) in [6, 6.07) is 22.3. The number of likely N-dealkylation sites (N-methyl/N-ethyl adjacent to an activating group) is 1. The molecular formula is C26H25FN2O3S. The minimum absolute atomic E-state index is 0.0350. The molecule has 170 valence electrons. The van der Waals surface area contributed by atoms with Crippen molar-refractivity contribution < 1.29 is 17.6 Å². The third-order valence-corrected chi connectivity index (χ3v) is 7.32. The molecule has 0 aliphatic carbocycles. The molecule has 0 fully saturated rings. The maximum Gasteiger partial charge on any atom is 0.242 e. The van der Waals surface area contributed by atoms with Crippen LogP contribution in [0.4, 0.5) is 4.39 Å². The lowest BCUT2D eigenvalue weighted by atomic mass is 10.2. The number of sulfone groups is 1. The van der Waals surface area contributed by atoms with Gasteiger partial charge in [-0.05, 0) is 36.2 Å². The smallest absolute Gasteiger partial charge is 0.242 e. The quantitative estimate of drug-likeness (QED) is 0.376. The van der Waals surface area contributed by atoms with Gasteiger partial charge in [0.15, 0.2) is 9.84 Å². The van der Waals surface area contributed by atoms with Gasteiger partial charge in [-0.3, -0.25) is 4.79 Å². The lowest BCUT2D eigenvalue weighted by molar-refractivity contribution is -0.132. The molecule has 1 aromatic heterocycles. The molecule has 33 heavy (non-hydrogen) atoms. The zero-order valence-electron chi connectivity index (χ0n) is 18.3. The number of benzene rings is 3. The first-order valence-electron chi connectivity index (χ1n) is 10.7. The molecule has 0 unspecified atom stereocenters. The Bertz CT molecular complexity index is 1360. The van der Waals surface area contributed by atoms with Crippen molar-refractivity contribution in [2.75, 3.05) is 6.54 Å². The summed E-state index contributed by atoms with van der Waals surface area (Å²) < 4.78 is 41.4. The predicted molar refractivity (Wildman–Crippen MR) is 127 cm³/mol. The van der Waals surface area contributed by atoms with Crippen molar-refractivity contribution >= 4 is 26.6 Å². The van der Waals surface area contributed by atoms with Crippen LogP contribution in [0, 0.1) is 5.82 Å². The van der Waals surface area contributed by atoms with Gasteiger partial charge in [0.1, 0.15) is 12.4 Å². The molecule has 3 aromatic carbocycles. The van der Waals surface area contributed by atoms with E-state index in [4.69, 9.17) is 0 Å². The molecule has 4 rings (SSSR count). The van der Waals surface area contributed by atoms with Gasteiger partial charge >= 0.3 is 0 Å². The van der Waals surface area contributed by atoms with Crippen LogP contribution in [0.15, 0.2) is 90.0 Å². The maximum atomic E-state index is 13.2. The molecule has 0 bridgehead atoms. The summed E-state index contributed by atoms with van der Waals surface area (Å²) in [5.74, 6) is -0.753. The molecule has 5 nitrogen and oxygen atoms in total. The third kappa shape index (κ3) is 5.14. The molecule has 7 heteroatoms. The Labute approximate surface area is 193 Å². The highest BCUT2D eigenvalue weighted by atomic mass is 32.2. The largest absolute Gasteiger partial charge is 0.337 e. The zero-order chi connectivity index (χ0) is 23.4. The Hall–Kier alpha value is -3.45. The average molecular weight is 465 g/mol. The molecule has 0 radical (unpaired) electrons. The van der Waals surface area contributed by atoms with E-state index in [0.29, 0.717) is 29.6 Å². The molecule has 4 aromatic rings. The van der Waals surface area contributed by atoms with Crippen molar-refractivity contribution in [1.82, 2.24) is 9.47 Å². The van der Waals surface area contributed by atoms with Gasteiger partial charge in [-0.15, -0.1) is 0 Å². The predicted octanol–water partition coefficient (Wildman–Crippen LogP) is 4.80. The first kappa shape index (κ1) is 22.7. The molecule has 0 aliphatic rings. The van der Waals surface area contributed by atoms with Crippen LogP contribution < -0.4 is 0 Å². The van der Waals surface area contributed by atoms with Gasteiger partial charge in [0.25, 0.3) is 0 Å². The van der Waals surface area contributed by atoms with Gasteiger partial charge in [-0.2, -0.15) is 0 Å². The van der Waals surface area contributed by atoms with Crippen molar-refractivity contribution in [2.24, 2.45) is 0 Å². The van der Waals surface area contributed by atoms with Crippen molar-refractivity contribution in [3.8, 4) is 0 Å². The highest BCUT2D eigenvalue weighted by Crippen LogP contribution is 2.28. The van der Waals surface area contributed by atoms with E-state index in [1.54, 1.807) is 21.6 Å². The fourth-order valence-corrected chi connectivity index (χ4v) is 5.48. The van der Waals surface area contributed by atoms with E-state index < -0.39 is 15.7 Å². The second kappa shape index (κ2) is 9.58. The number of halogens is 1. The minimum atomic E-state index is -3.71. The maximum absolute atomic E-state index is 13.2. The topological polar surface area (TPSA) is 59.4 Å². The van der Waals surface area contributed by atoms with E-state index in [1.807, 2.05) is 49.4 Å². The molecule has 0 spiro atoms. The Morgan fingerprint density at radius 3 is 2.27 bits per heavy atom. The fourth-order valence-electron chi connectivity index (χ4n) is 3.90. The summed E-state index contributed by atoms with van der Waals surface area (Å²) in [4.78, 5) is 15.0. The lowest BCUT2D eigenvalue weighted by Gasteiger charge is -2.21. The monoisotopic (exact) mass is 464 g/mol. The van der Waals surface area contributed by atoms with Gasteiger partial charge < -0.3 is 9.47 Å². The van der Waals surface area contributed by atoms with E-state index >= 15 is 0 Å². The minimum Gasteiger partial charge on any atom is -0.337 e. The summed E-state index contributed by atoms with van der Waals surface area (Å²) in [5, 5.41) is 0.568. The summed E-state index contributed by atoms with van der Waals surface area (Å²) in [6.45, 7) is 2.99.